The fourth-order valence-corrected chi connectivity index (χ4v) is 4.05. The van der Waals surface area contributed by atoms with Gasteiger partial charge >= 0.3 is 0 Å². The predicted molar refractivity (Wildman–Crippen MR) is 112 cm³/mol. The van der Waals surface area contributed by atoms with E-state index in [0.29, 0.717) is 6.04 Å². The number of benzene rings is 1. The summed E-state index contributed by atoms with van der Waals surface area (Å²) in [5.41, 5.74) is 4.18. The molecule has 6 nitrogen and oxygen atoms in total. The van der Waals surface area contributed by atoms with E-state index in [1.54, 1.807) is 6.92 Å². The summed E-state index contributed by atoms with van der Waals surface area (Å²) in [5, 5.41) is 7.79. The van der Waals surface area contributed by atoms with Crippen LogP contribution in [-0.4, -0.2) is 32.9 Å². The van der Waals surface area contributed by atoms with Crippen LogP contribution in [0.1, 0.15) is 43.9 Å². The molecule has 0 radical (unpaired) electrons. The molecule has 1 aliphatic carbocycles. The number of rotatable bonds is 4. The van der Waals surface area contributed by atoms with Gasteiger partial charge in [0, 0.05) is 30.3 Å². The molecule has 1 amide bonds. The first-order chi connectivity index (χ1) is 13.5. The highest BCUT2D eigenvalue weighted by Gasteiger charge is 2.23. The van der Waals surface area contributed by atoms with Crippen molar-refractivity contribution in [1.29, 1.82) is 0 Å². The van der Waals surface area contributed by atoms with Crippen LogP contribution < -0.4 is 10.6 Å². The highest BCUT2D eigenvalue weighted by Crippen LogP contribution is 2.31. The molecule has 6 heteroatoms. The van der Waals surface area contributed by atoms with E-state index in [-0.39, 0.29) is 11.9 Å². The van der Waals surface area contributed by atoms with E-state index in [9.17, 15) is 4.79 Å². The van der Waals surface area contributed by atoms with Crippen LogP contribution in [0.25, 0.3) is 22.4 Å². The maximum absolute atomic E-state index is 11.3. The van der Waals surface area contributed by atoms with Gasteiger partial charge in [0.2, 0.25) is 5.91 Å². The number of aromatic amines is 1. The Bertz CT molecular complexity index is 987. The maximum Gasteiger partial charge on any atom is 0.217 e. The Morgan fingerprint density at radius 3 is 2.39 bits per heavy atom. The van der Waals surface area contributed by atoms with Crippen molar-refractivity contribution in [2.24, 2.45) is 0 Å². The summed E-state index contributed by atoms with van der Waals surface area (Å²) in [6.07, 6.45) is 4.00. The molecule has 1 saturated carbocycles. The van der Waals surface area contributed by atoms with Crippen LogP contribution >= 0.6 is 0 Å². The molecule has 0 bridgehead atoms. The van der Waals surface area contributed by atoms with Crippen molar-refractivity contribution >= 4 is 22.8 Å². The number of fused-ring (bicyclic) bond motifs is 1. The first-order valence-electron chi connectivity index (χ1n) is 9.97. The van der Waals surface area contributed by atoms with Crippen LogP contribution in [0.2, 0.25) is 0 Å². The Morgan fingerprint density at radius 2 is 1.71 bits per heavy atom. The molecular weight excluding hydrogens is 350 g/mol. The molecule has 28 heavy (non-hydrogen) atoms. The van der Waals surface area contributed by atoms with E-state index < -0.39 is 0 Å². The summed E-state index contributed by atoms with van der Waals surface area (Å²) in [6.45, 7) is 5.77. The Hall–Kier alpha value is -2.89. The van der Waals surface area contributed by atoms with Crippen LogP contribution in [0.5, 0.6) is 0 Å². The van der Waals surface area contributed by atoms with Crippen LogP contribution in [-0.2, 0) is 4.79 Å². The number of carbonyl (C=O) groups excluding carboxylic acids is 1. The monoisotopic (exact) mass is 377 g/mol. The number of nitrogens with one attached hydrogen (secondary N) is 3. The second-order valence-electron chi connectivity index (χ2n) is 7.75. The predicted octanol–water partition coefficient (Wildman–Crippen LogP) is 4.10. The maximum atomic E-state index is 11.3. The van der Waals surface area contributed by atoms with Gasteiger partial charge in [-0.1, -0.05) is 30.3 Å². The van der Waals surface area contributed by atoms with Crippen molar-refractivity contribution in [3.05, 3.63) is 41.6 Å². The van der Waals surface area contributed by atoms with Gasteiger partial charge in [-0.3, -0.25) is 4.79 Å². The van der Waals surface area contributed by atoms with Gasteiger partial charge in [0.15, 0.2) is 5.82 Å². The van der Waals surface area contributed by atoms with Crippen molar-refractivity contribution in [2.75, 3.05) is 5.32 Å². The minimum atomic E-state index is 0.0554. The van der Waals surface area contributed by atoms with E-state index in [2.05, 4.69) is 29.5 Å². The Morgan fingerprint density at radius 1 is 1.04 bits per heavy atom. The normalized spacial score (nSPS) is 19.5. The number of anilines is 1. The van der Waals surface area contributed by atoms with Crippen molar-refractivity contribution < 1.29 is 4.79 Å². The van der Waals surface area contributed by atoms with Gasteiger partial charge in [-0.15, -0.1) is 0 Å². The first kappa shape index (κ1) is 18.5. The smallest absolute Gasteiger partial charge is 0.217 e. The van der Waals surface area contributed by atoms with Crippen LogP contribution in [0.4, 0.5) is 5.82 Å². The Balaban J connectivity index is 1.63. The Kier molecular flexibility index (Phi) is 5.03. The molecule has 3 N–H and O–H groups in total. The lowest BCUT2D eigenvalue weighted by Crippen LogP contribution is -2.39. The van der Waals surface area contributed by atoms with Gasteiger partial charge in [-0.05, 0) is 45.1 Å². The van der Waals surface area contributed by atoms with Gasteiger partial charge in [0.05, 0.1) is 5.39 Å². The highest BCUT2D eigenvalue weighted by atomic mass is 16.1. The SMILES string of the molecule is CC(=O)N[C@H]1CC[C@H](Nc2nc(-c3ccccc3)nc3[nH]c(C)c(C)c23)CC1. The van der Waals surface area contributed by atoms with Crippen molar-refractivity contribution in [1.82, 2.24) is 20.3 Å². The van der Waals surface area contributed by atoms with E-state index >= 15 is 0 Å². The average Bonchev–Trinajstić information content (AvgIpc) is 2.98. The molecule has 3 aromatic rings. The standard InChI is InChI=1S/C22H27N5O/c1-13-14(2)23-21-19(13)22(27-20(26-21)16-7-5-4-6-8-16)25-18-11-9-17(10-12-18)24-15(3)28/h4-8,17-18H,9-12H2,1-3H3,(H,24,28)(H2,23,25,26,27)/t17-,18-. The lowest BCUT2D eigenvalue weighted by Gasteiger charge is -2.30. The third-order valence-electron chi connectivity index (χ3n) is 5.66. The average molecular weight is 377 g/mol. The van der Waals surface area contributed by atoms with E-state index in [0.717, 1.165) is 59.6 Å². The fourth-order valence-electron chi connectivity index (χ4n) is 4.05. The van der Waals surface area contributed by atoms with Crippen molar-refractivity contribution in [2.45, 2.75) is 58.5 Å². The van der Waals surface area contributed by atoms with Crippen LogP contribution in [0.15, 0.2) is 30.3 Å². The molecule has 2 heterocycles. The molecule has 0 unspecified atom stereocenters. The fraction of sp³-hybridized carbons (Fsp3) is 0.409. The van der Waals surface area contributed by atoms with Crippen molar-refractivity contribution in [3.63, 3.8) is 0 Å². The minimum Gasteiger partial charge on any atom is -0.367 e. The zero-order valence-corrected chi connectivity index (χ0v) is 16.7. The topological polar surface area (TPSA) is 82.7 Å². The van der Waals surface area contributed by atoms with Gasteiger partial charge in [-0.2, -0.15) is 0 Å². The number of aryl methyl sites for hydroxylation is 2. The van der Waals surface area contributed by atoms with Gasteiger partial charge < -0.3 is 15.6 Å². The molecule has 4 rings (SSSR count). The number of carbonyl (C=O) groups is 1. The Labute approximate surface area is 165 Å². The molecule has 146 valence electrons. The third-order valence-corrected chi connectivity index (χ3v) is 5.66. The number of aromatic nitrogens is 3. The van der Waals surface area contributed by atoms with Gasteiger partial charge in [0.1, 0.15) is 11.5 Å². The largest absolute Gasteiger partial charge is 0.367 e. The second-order valence-corrected chi connectivity index (χ2v) is 7.75. The molecule has 1 aromatic carbocycles. The molecule has 2 aromatic heterocycles. The molecule has 0 atom stereocenters. The molecule has 1 fully saturated rings. The molecular formula is C22H27N5O. The minimum absolute atomic E-state index is 0.0554. The van der Waals surface area contributed by atoms with Gasteiger partial charge in [0.25, 0.3) is 0 Å². The molecule has 0 saturated heterocycles. The summed E-state index contributed by atoms with van der Waals surface area (Å²) in [6, 6.07) is 10.7. The lowest BCUT2D eigenvalue weighted by atomic mass is 9.91. The summed E-state index contributed by atoms with van der Waals surface area (Å²) in [5.74, 6) is 1.68. The summed E-state index contributed by atoms with van der Waals surface area (Å²) in [4.78, 5) is 24.4. The molecule has 1 aliphatic rings. The van der Waals surface area contributed by atoms with Crippen molar-refractivity contribution in [3.8, 4) is 11.4 Å². The van der Waals surface area contributed by atoms with E-state index in [1.165, 1.54) is 5.56 Å². The van der Waals surface area contributed by atoms with Crippen LogP contribution in [0.3, 0.4) is 0 Å². The highest BCUT2D eigenvalue weighted by molar-refractivity contribution is 5.92. The number of amides is 1. The quantitative estimate of drug-likeness (QED) is 0.639. The van der Waals surface area contributed by atoms with Gasteiger partial charge in [-0.25, -0.2) is 9.97 Å². The number of nitrogens with zero attached hydrogens (tertiary/aromatic N) is 2. The summed E-state index contributed by atoms with van der Waals surface area (Å²) < 4.78 is 0. The zero-order valence-electron chi connectivity index (χ0n) is 16.7. The summed E-state index contributed by atoms with van der Waals surface area (Å²) >= 11 is 0. The van der Waals surface area contributed by atoms with E-state index in [4.69, 9.17) is 9.97 Å². The third kappa shape index (κ3) is 3.72. The lowest BCUT2D eigenvalue weighted by molar-refractivity contribution is -0.119. The van der Waals surface area contributed by atoms with Crippen LogP contribution in [0, 0.1) is 13.8 Å². The number of hydrogen-bond acceptors (Lipinski definition) is 4. The van der Waals surface area contributed by atoms with E-state index in [1.807, 2.05) is 30.3 Å². The summed E-state index contributed by atoms with van der Waals surface area (Å²) in [7, 11) is 0. The zero-order chi connectivity index (χ0) is 19.7. The second kappa shape index (κ2) is 7.62. The number of hydrogen-bond donors (Lipinski definition) is 3. The molecule has 0 aliphatic heterocycles. The first-order valence-corrected chi connectivity index (χ1v) is 9.97. The molecule has 0 spiro atoms. The number of H-pyrrole nitrogens is 1.